The van der Waals surface area contributed by atoms with Crippen LogP contribution >= 0.6 is 63.7 Å². The monoisotopic (exact) mass is 558 g/mol. The van der Waals surface area contributed by atoms with Gasteiger partial charge in [-0.3, -0.25) is 0 Å². The molecule has 0 atom stereocenters. The van der Waals surface area contributed by atoms with Crippen LogP contribution in [0.1, 0.15) is 19.8 Å². The summed E-state index contributed by atoms with van der Waals surface area (Å²) in [5.74, 6) is -0.671. The fraction of sp³-hybridized carbons (Fsp3) is 0.833. The van der Waals surface area contributed by atoms with E-state index >= 15 is 0 Å². The Morgan fingerprint density at radius 2 is 1.33 bits per heavy atom. The Morgan fingerprint density at radius 3 is 1.67 bits per heavy atom. The van der Waals surface area contributed by atoms with Crippen LogP contribution in [-0.2, 0) is 19.1 Å². The van der Waals surface area contributed by atoms with E-state index in [-0.39, 0.29) is 11.9 Å². The lowest BCUT2D eigenvalue weighted by Crippen LogP contribution is -3.13. The first-order valence-electron chi connectivity index (χ1n) is 6.61. The fourth-order valence-electron chi connectivity index (χ4n) is 1.52. The van der Waals surface area contributed by atoms with Crippen LogP contribution in [0.15, 0.2) is 0 Å². The highest BCUT2D eigenvalue weighted by molar-refractivity contribution is 9.25. The highest BCUT2D eigenvalue weighted by Crippen LogP contribution is 2.09. The largest absolute Gasteiger partial charge is 0.458 e. The van der Waals surface area contributed by atoms with E-state index in [1.807, 2.05) is 0 Å². The molecule has 0 radical (unpaired) electrons. The molecule has 0 aliphatic rings. The van der Waals surface area contributed by atoms with Crippen LogP contribution < -0.4 is 4.90 Å². The van der Waals surface area contributed by atoms with Crippen molar-refractivity contribution in [1.82, 2.24) is 0 Å². The summed E-state index contributed by atoms with van der Waals surface area (Å²) >= 11 is 12.4. The number of rotatable bonds is 11. The molecule has 0 bridgehead atoms. The van der Waals surface area contributed by atoms with Crippen LogP contribution in [0.5, 0.6) is 0 Å². The summed E-state index contributed by atoms with van der Waals surface area (Å²) in [5, 5.41) is 0. The molecule has 0 aromatic carbocycles. The standard InChI is InChI=1S/C12H19Br4NO4/c1-2-3-4-17(5-7-20-11(18)9(13)14)6-8-21-12(19)10(15)16/h9-10H,2-8H2,1H3/p+1. The van der Waals surface area contributed by atoms with Gasteiger partial charge in [0.1, 0.15) is 26.3 Å². The number of halogens is 4. The Labute approximate surface area is 159 Å². The molecule has 0 rings (SSSR count). The molecule has 0 unspecified atom stereocenters. The van der Waals surface area contributed by atoms with Gasteiger partial charge in [0.05, 0.1) is 6.54 Å². The first-order chi connectivity index (χ1) is 9.88. The Morgan fingerprint density at radius 1 is 0.905 bits per heavy atom. The smallest absolute Gasteiger partial charge is 0.330 e. The van der Waals surface area contributed by atoms with Gasteiger partial charge in [0, 0.05) is 0 Å². The minimum absolute atomic E-state index is 0.335. The number of hydrogen-bond acceptors (Lipinski definition) is 4. The van der Waals surface area contributed by atoms with E-state index in [2.05, 4.69) is 70.6 Å². The van der Waals surface area contributed by atoms with Gasteiger partial charge in [0.2, 0.25) is 0 Å². The summed E-state index contributed by atoms with van der Waals surface area (Å²) in [5.41, 5.74) is 0. The number of unbranched alkanes of at least 4 members (excludes halogenated alkanes) is 1. The van der Waals surface area contributed by atoms with E-state index < -0.39 is 7.47 Å². The molecule has 0 aliphatic heterocycles. The van der Waals surface area contributed by atoms with Gasteiger partial charge in [-0.2, -0.15) is 0 Å². The molecule has 0 amide bonds. The average molecular weight is 562 g/mol. The molecule has 0 saturated carbocycles. The van der Waals surface area contributed by atoms with Crippen LogP contribution in [0.25, 0.3) is 0 Å². The SMILES string of the molecule is CCCC[NH+](CCOC(=O)C(Br)Br)CCOC(=O)C(Br)Br. The number of carbonyl (C=O) groups excluding carboxylic acids is 2. The van der Waals surface area contributed by atoms with Gasteiger partial charge in [-0.1, -0.05) is 77.1 Å². The third-order valence-corrected chi connectivity index (χ3v) is 4.14. The normalized spacial score (nSPS) is 11.2. The van der Waals surface area contributed by atoms with E-state index in [9.17, 15) is 9.59 Å². The van der Waals surface area contributed by atoms with Crippen LogP contribution in [0.2, 0.25) is 0 Å². The number of alkyl halides is 4. The maximum atomic E-state index is 11.3. The van der Waals surface area contributed by atoms with Crippen LogP contribution in [0.3, 0.4) is 0 Å². The number of ether oxygens (including phenoxy) is 2. The molecule has 1 N–H and O–H groups in total. The van der Waals surface area contributed by atoms with Crippen molar-refractivity contribution in [2.24, 2.45) is 0 Å². The molecule has 0 heterocycles. The quantitative estimate of drug-likeness (QED) is 0.310. The van der Waals surface area contributed by atoms with Crippen molar-refractivity contribution in [2.75, 3.05) is 32.8 Å². The average Bonchev–Trinajstić information content (AvgIpc) is 2.43. The topological polar surface area (TPSA) is 57.0 Å². The lowest BCUT2D eigenvalue weighted by atomic mass is 10.3. The van der Waals surface area contributed by atoms with Crippen molar-refractivity contribution in [2.45, 2.75) is 27.2 Å². The molecular formula is C12H20Br4NO4+. The zero-order chi connectivity index (χ0) is 16.3. The molecule has 0 fully saturated rings. The van der Waals surface area contributed by atoms with Crippen LogP contribution in [0.4, 0.5) is 0 Å². The number of esters is 2. The lowest BCUT2D eigenvalue weighted by molar-refractivity contribution is -0.900. The maximum absolute atomic E-state index is 11.3. The molecule has 0 aliphatic carbocycles. The molecule has 21 heavy (non-hydrogen) atoms. The van der Waals surface area contributed by atoms with E-state index in [1.165, 1.54) is 4.90 Å². The zero-order valence-electron chi connectivity index (χ0n) is 11.7. The minimum atomic E-state index is -0.472. The molecule has 0 spiro atoms. The highest BCUT2D eigenvalue weighted by atomic mass is 79.9. The van der Waals surface area contributed by atoms with Crippen molar-refractivity contribution < 1.29 is 24.0 Å². The second-order valence-corrected chi connectivity index (χ2v) is 10.4. The van der Waals surface area contributed by atoms with Crippen molar-refractivity contribution in [3.63, 3.8) is 0 Å². The number of quaternary nitrogens is 1. The van der Waals surface area contributed by atoms with Gasteiger partial charge in [-0.15, -0.1) is 0 Å². The Balaban J connectivity index is 4.02. The predicted octanol–water partition coefficient (Wildman–Crippen LogP) is 1.99. The summed E-state index contributed by atoms with van der Waals surface area (Å²) in [6.07, 6.45) is 2.18. The third-order valence-electron chi connectivity index (χ3n) is 2.64. The molecular weight excluding hydrogens is 542 g/mol. The number of carbonyl (C=O) groups is 2. The second-order valence-electron chi connectivity index (χ2n) is 4.29. The van der Waals surface area contributed by atoms with E-state index in [4.69, 9.17) is 9.47 Å². The van der Waals surface area contributed by atoms with E-state index in [1.54, 1.807) is 0 Å². The minimum Gasteiger partial charge on any atom is -0.458 e. The van der Waals surface area contributed by atoms with Crippen molar-refractivity contribution in [3.8, 4) is 0 Å². The summed E-state index contributed by atoms with van der Waals surface area (Å²) in [7, 11) is 0. The first-order valence-corrected chi connectivity index (χ1v) is 10.3. The maximum Gasteiger partial charge on any atom is 0.330 e. The Bertz CT molecular complexity index is 290. The number of nitrogens with one attached hydrogen (secondary N) is 1. The molecule has 0 aromatic heterocycles. The molecule has 124 valence electrons. The Hall–Kier alpha value is 0.820. The molecule has 0 aromatic rings. The van der Waals surface area contributed by atoms with Crippen molar-refractivity contribution in [1.29, 1.82) is 0 Å². The number of hydrogen-bond donors (Lipinski definition) is 1. The third kappa shape index (κ3) is 12.0. The summed E-state index contributed by atoms with van der Waals surface area (Å²) in [4.78, 5) is 23.9. The van der Waals surface area contributed by atoms with Gasteiger partial charge in [-0.25, -0.2) is 9.59 Å². The lowest BCUT2D eigenvalue weighted by Gasteiger charge is -2.19. The summed E-state index contributed by atoms with van der Waals surface area (Å²) < 4.78 is 9.26. The molecule has 9 heteroatoms. The van der Waals surface area contributed by atoms with E-state index in [0.717, 1.165) is 19.4 Å². The highest BCUT2D eigenvalue weighted by Gasteiger charge is 2.16. The molecule has 5 nitrogen and oxygen atoms in total. The van der Waals surface area contributed by atoms with Crippen LogP contribution in [-0.4, -0.2) is 52.3 Å². The summed E-state index contributed by atoms with van der Waals surface area (Å²) in [6, 6.07) is 0. The van der Waals surface area contributed by atoms with E-state index in [0.29, 0.717) is 26.3 Å². The van der Waals surface area contributed by atoms with Gasteiger partial charge in [0.25, 0.3) is 0 Å². The Kier molecular flexibility index (Phi) is 13.8. The first kappa shape index (κ1) is 21.8. The predicted molar refractivity (Wildman–Crippen MR) is 95.7 cm³/mol. The van der Waals surface area contributed by atoms with Crippen LogP contribution in [0, 0.1) is 0 Å². The van der Waals surface area contributed by atoms with Gasteiger partial charge >= 0.3 is 11.9 Å². The second kappa shape index (κ2) is 13.3. The van der Waals surface area contributed by atoms with Crippen molar-refractivity contribution in [3.05, 3.63) is 0 Å². The van der Waals surface area contributed by atoms with Gasteiger partial charge in [0.15, 0.2) is 7.47 Å². The van der Waals surface area contributed by atoms with Crippen molar-refractivity contribution >= 4 is 75.7 Å². The summed E-state index contributed by atoms with van der Waals surface area (Å²) in [6.45, 7) is 5.17. The van der Waals surface area contributed by atoms with Gasteiger partial charge in [-0.05, 0) is 6.42 Å². The zero-order valence-corrected chi connectivity index (χ0v) is 18.1. The van der Waals surface area contributed by atoms with Gasteiger partial charge < -0.3 is 14.4 Å². The molecule has 0 saturated heterocycles. The fourth-order valence-corrected chi connectivity index (χ4v) is 2.05.